The Kier molecular flexibility index (Phi) is 41.0. The Labute approximate surface area is 392 Å². The summed E-state index contributed by atoms with van der Waals surface area (Å²) in [5.74, 6) is -0.696. The molecule has 1 aliphatic rings. The molecule has 0 spiro atoms. The third-order valence-electron chi connectivity index (χ3n) is 13.3. The van der Waals surface area contributed by atoms with E-state index in [1.807, 2.05) is 0 Å². The van der Waals surface area contributed by atoms with Crippen molar-refractivity contribution in [2.75, 3.05) is 13.2 Å². The molecule has 0 aliphatic carbocycles. The maximum atomic E-state index is 13.1. The number of amides is 1. The SMILES string of the molecule is CCCCCCCCCCCCCC/C=C\CCCCCCCCCCCCC(O)C(=O)NC(COC1OC(CO)C(O)C(O)C1O)C(O)C(O)CCCCCCCCCCCCC. The van der Waals surface area contributed by atoms with E-state index >= 15 is 0 Å². The van der Waals surface area contributed by atoms with Gasteiger partial charge in [0.25, 0.3) is 0 Å². The first-order valence-corrected chi connectivity index (χ1v) is 27.1. The lowest BCUT2D eigenvalue weighted by atomic mass is 9.98. The highest BCUT2D eigenvalue weighted by Gasteiger charge is 2.44. The quantitative estimate of drug-likeness (QED) is 0.0216. The lowest BCUT2D eigenvalue weighted by Gasteiger charge is -2.40. The highest BCUT2D eigenvalue weighted by molar-refractivity contribution is 5.80. The second-order valence-electron chi connectivity index (χ2n) is 19.3. The summed E-state index contributed by atoms with van der Waals surface area (Å²) in [7, 11) is 0. The molecule has 0 aromatic heterocycles. The fourth-order valence-corrected chi connectivity index (χ4v) is 8.85. The molecule has 1 fully saturated rings. The van der Waals surface area contributed by atoms with Crippen LogP contribution < -0.4 is 5.32 Å². The zero-order chi connectivity index (χ0) is 46.9. The summed E-state index contributed by atoms with van der Waals surface area (Å²) in [6.45, 7) is 3.45. The van der Waals surface area contributed by atoms with E-state index in [2.05, 4.69) is 31.3 Å². The average Bonchev–Trinajstić information content (AvgIpc) is 3.29. The number of nitrogens with one attached hydrogen (secondary N) is 1. The number of carbonyl (C=O) groups excluding carboxylic acids is 1. The van der Waals surface area contributed by atoms with Gasteiger partial charge in [-0.3, -0.25) is 4.79 Å². The summed E-state index contributed by atoms with van der Waals surface area (Å²) < 4.78 is 11.1. The zero-order valence-electron chi connectivity index (χ0n) is 41.3. The van der Waals surface area contributed by atoms with E-state index in [-0.39, 0.29) is 6.42 Å². The van der Waals surface area contributed by atoms with Crippen LogP contribution in [0.1, 0.15) is 251 Å². The zero-order valence-corrected chi connectivity index (χ0v) is 41.3. The van der Waals surface area contributed by atoms with Crippen LogP contribution >= 0.6 is 0 Å². The maximum absolute atomic E-state index is 13.1. The smallest absolute Gasteiger partial charge is 0.249 e. The summed E-state index contributed by atoms with van der Waals surface area (Å²) in [6, 6.07) is -1.16. The Morgan fingerprint density at radius 1 is 0.531 bits per heavy atom. The van der Waals surface area contributed by atoms with Gasteiger partial charge < -0.3 is 50.5 Å². The summed E-state index contributed by atoms with van der Waals surface area (Å²) in [5, 5.41) is 75.8. The van der Waals surface area contributed by atoms with Crippen LogP contribution in [0.2, 0.25) is 0 Å². The predicted molar refractivity (Wildman–Crippen MR) is 261 cm³/mol. The van der Waals surface area contributed by atoms with E-state index in [9.17, 15) is 40.5 Å². The molecule has 0 radical (unpaired) electrons. The Hall–Kier alpha value is -1.15. The third kappa shape index (κ3) is 31.8. The molecule has 0 aromatic rings. The molecule has 11 nitrogen and oxygen atoms in total. The van der Waals surface area contributed by atoms with Gasteiger partial charge in [0.15, 0.2) is 6.29 Å². The minimum atomic E-state index is -1.66. The molecule has 9 atom stereocenters. The minimum Gasteiger partial charge on any atom is -0.394 e. The van der Waals surface area contributed by atoms with Gasteiger partial charge in [0.2, 0.25) is 5.91 Å². The van der Waals surface area contributed by atoms with E-state index < -0.39 is 74.2 Å². The Morgan fingerprint density at radius 2 is 0.906 bits per heavy atom. The van der Waals surface area contributed by atoms with Gasteiger partial charge in [0, 0.05) is 0 Å². The van der Waals surface area contributed by atoms with E-state index in [0.717, 1.165) is 38.5 Å². The second-order valence-corrected chi connectivity index (χ2v) is 19.3. The molecule has 0 bridgehead atoms. The van der Waals surface area contributed by atoms with Crippen molar-refractivity contribution in [1.29, 1.82) is 0 Å². The van der Waals surface area contributed by atoms with E-state index in [1.54, 1.807) is 0 Å². The van der Waals surface area contributed by atoms with Gasteiger partial charge in [-0.25, -0.2) is 0 Å². The van der Waals surface area contributed by atoms with Crippen molar-refractivity contribution in [3.8, 4) is 0 Å². The van der Waals surface area contributed by atoms with Crippen LogP contribution in [-0.2, 0) is 14.3 Å². The normalized spacial score (nSPS) is 21.0. The fraction of sp³-hybridized carbons (Fsp3) is 0.943. The Bertz CT molecular complexity index is 1050. The second kappa shape index (κ2) is 43.2. The van der Waals surface area contributed by atoms with Crippen molar-refractivity contribution in [2.45, 2.75) is 306 Å². The molecule has 64 heavy (non-hydrogen) atoms. The summed E-state index contributed by atoms with van der Waals surface area (Å²) in [6.07, 6.45) is 37.0. The van der Waals surface area contributed by atoms with Crippen LogP contribution in [-0.4, -0.2) is 110 Å². The van der Waals surface area contributed by atoms with Gasteiger partial charge in [-0.1, -0.05) is 225 Å². The average molecular weight is 914 g/mol. The van der Waals surface area contributed by atoms with Gasteiger partial charge in [-0.15, -0.1) is 0 Å². The molecule has 1 heterocycles. The first kappa shape index (κ1) is 60.9. The highest BCUT2D eigenvalue weighted by Crippen LogP contribution is 2.23. The van der Waals surface area contributed by atoms with Crippen LogP contribution in [0.15, 0.2) is 12.2 Å². The van der Waals surface area contributed by atoms with Crippen LogP contribution in [0.25, 0.3) is 0 Å². The van der Waals surface area contributed by atoms with Crippen molar-refractivity contribution in [1.82, 2.24) is 5.32 Å². The molecule has 11 heteroatoms. The first-order valence-electron chi connectivity index (χ1n) is 27.1. The molecule has 9 unspecified atom stereocenters. The molecule has 0 saturated carbocycles. The number of carbonyl (C=O) groups is 1. The number of allylic oxidation sites excluding steroid dienone is 2. The van der Waals surface area contributed by atoms with E-state index in [4.69, 9.17) is 9.47 Å². The topological polar surface area (TPSA) is 189 Å². The number of ether oxygens (including phenoxy) is 2. The van der Waals surface area contributed by atoms with Gasteiger partial charge in [0.05, 0.1) is 25.4 Å². The summed E-state index contributed by atoms with van der Waals surface area (Å²) in [5.41, 5.74) is 0. The van der Waals surface area contributed by atoms with Crippen molar-refractivity contribution in [3.05, 3.63) is 12.2 Å². The van der Waals surface area contributed by atoms with Gasteiger partial charge in [0.1, 0.15) is 36.6 Å². The Balaban J connectivity index is 2.27. The lowest BCUT2D eigenvalue weighted by molar-refractivity contribution is -0.303. The van der Waals surface area contributed by atoms with Crippen molar-refractivity contribution in [2.24, 2.45) is 0 Å². The molecule has 8 N–H and O–H groups in total. The number of aliphatic hydroxyl groups excluding tert-OH is 7. The number of hydrogen-bond donors (Lipinski definition) is 8. The third-order valence-corrected chi connectivity index (χ3v) is 13.3. The van der Waals surface area contributed by atoms with Crippen LogP contribution in [0.4, 0.5) is 0 Å². The largest absolute Gasteiger partial charge is 0.394 e. The number of rotatable bonds is 46. The minimum absolute atomic E-state index is 0.261. The predicted octanol–water partition coefficient (Wildman–Crippen LogP) is 10.4. The lowest BCUT2D eigenvalue weighted by Crippen LogP contribution is -2.60. The molecular formula is C53H103NO10. The number of aliphatic hydroxyl groups is 7. The van der Waals surface area contributed by atoms with Crippen LogP contribution in [0.5, 0.6) is 0 Å². The fourth-order valence-electron chi connectivity index (χ4n) is 8.85. The molecule has 1 amide bonds. The highest BCUT2D eigenvalue weighted by atomic mass is 16.7. The van der Waals surface area contributed by atoms with Crippen molar-refractivity contribution >= 4 is 5.91 Å². The number of hydrogen-bond acceptors (Lipinski definition) is 10. The molecule has 0 aromatic carbocycles. The molecule has 1 saturated heterocycles. The summed E-state index contributed by atoms with van der Waals surface area (Å²) in [4.78, 5) is 13.1. The maximum Gasteiger partial charge on any atom is 0.249 e. The van der Waals surface area contributed by atoms with Gasteiger partial charge in [-0.2, -0.15) is 0 Å². The molecule has 1 rings (SSSR count). The monoisotopic (exact) mass is 914 g/mol. The van der Waals surface area contributed by atoms with Crippen LogP contribution in [0, 0.1) is 0 Å². The Morgan fingerprint density at radius 3 is 1.31 bits per heavy atom. The molecule has 380 valence electrons. The number of unbranched alkanes of at least 4 members (excludes halogenated alkanes) is 32. The molecular weight excluding hydrogens is 811 g/mol. The van der Waals surface area contributed by atoms with Gasteiger partial charge >= 0.3 is 0 Å². The summed E-state index contributed by atoms with van der Waals surface area (Å²) >= 11 is 0. The van der Waals surface area contributed by atoms with E-state index in [1.165, 1.54) is 173 Å². The van der Waals surface area contributed by atoms with E-state index in [0.29, 0.717) is 19.3 Å². The molecule has 1 aliphatic heterocycles. The van der Waals surface area contributed by atoms with Gasteiger partial charge in [-0.05, 0) is 38.5 Å². The van der Waals surface area contributed by atoms with Crippen molar-refractivity contribution < 1.29 is 50.0 Å². The van der Waals surface area contributed by atoms with Crippen LogP contribution in [0.3, 0.4) is 0 Å². The first-order chi connectivity index (χ1) is 31.2. The van der Waals surface area contributed by atoms with Crippen molar-refractivity contribution in [3.63, 3.8) is 0 Å². The standard InChI is InChI=1S/C53H103NO10/c1-3-5-7-9-11-13-15-16-17-18-19-20-21-22-23-24-25-26-27-28-29-31-33-35-37-39-41-46(57)52(62)54-44(43-63-53-51(61)50(60)49(59)47(42-55)64-53)48(58)45(56)40-38-36-34-32-30-14-12-10-8-6-4-2/h22-23,44-51,53,55-61H,3-21,24-43H2,1-2H3,(H,54,62)/b23-22-.